The van der Waals surface area contributed by atoms with Crippen LogP contribution in [0.3, 0.4) is 0 Å². The Hall–Kier alpha value is -1.34. The molecule has 0 radical (unpaired) electrons. The standard InChI is InChI=1S/C15H20N2O/c1-15(18)8-10-17(12-15)11-14-6-3-2-5-13(14)7-4-9-16/h2-3,5-6,18H,8-12,16H2,1H3. The SMILES string of the molecule is CC1(O)CCN(Cc2ccccc2C#CCN)C1. The fourth-order valence-corrected chi connectivity index (χ4v) is 2.34. The molecule has 1 saturated heterocycles. The van der Waals surface area contributed by atoms with Crippen LogP contribution in [0.4, 0.5) is 0 Å². The van der Waals surface area contributed by atoms with Gasteiger partial charge in [0.2, 0.25) is 0 Å². The molecule has 1 aliphatic heterocycles. The zero-order valence-electron chi connectivity index (χ0n) is 10.8. The van der Waals surface area contributed by atoms with Crippen LogP contribution >= 0.6 is 0 Å². The predicted octanol–water partition coefficient (Wildman–Crippen LogP) is 0.954. The lowest BCUT2D eigenvalue weighted by Gasteiger charge is -2.19. The van der Waals surface area contributed by atoms with Crippen LogP contribution in [0.5, 0.6) is 0 Å². The molecule has 0 amide bonds. The minimum absolute atomic E-state index is 0.382. The molecule has 3 N–H and O–H groups in total. The van der Waals surface area contributed by atoms with Crippen LogP contribution in [0.2, 0.25) is 0 Å². The van der Waals surface area contributed by atoms with E-state index in [4.69, 9.17) is 5.73 Å². The van der Waals surface area contributed by atoms with Crippen molar-refractivity contribution in [1.29, 1.82) is 0 Å². The van der Waals surface area contributed by atoms with Gasteiger partial charge in [-0.05, 0) is 25.0 Å². The monoisotopic (exact) mass is 244 g/mol. The Balaban J connectivity index is 2.10. The van der Waals surface area contributed by atoms with Crippen molar-refractivity contribution in [2.75, 3.05) is 19.6 Å². The molecule has 0 bridgehead atoms. The summed E-state index contributed by atoms with van der Waals surface area (Å²) in [6, 6.07) is 8.13. The molecule has 2 rings (SSSR count). The zero-order valence-corrected chi connectivity index (χ0v) is 10.8. The second kappa shape index (κ2) is 5.53. The summed E-state index contributed by atoms with van der Waals surface area (Å²) in [5, 5.41) is 9.97. The van der Waals surface area contributed by atoms with Crippen molar-refractivity contribution in [3.05, 3.63) is 35.4 Å². The average Bonchev–Trinajstić information content (AvgIpc) is 2.68. The van der Waals surface area contributed by atoms with E-state index in [-0.39, 0.29) is 0 Å². The lowest BCUT2D eigenvalue weighted by molar-refractivity contribution is 0.0679. The van der Waals surface area contributed by atoms with Gasteiger partial charge in [0.25, 0.3) is 0 Å². The number of nitrogens with two attached hydrogens (primary N) is 1. The Labute approximate surface area is 109 Å². The van der Waals surface area contributed by atoms with E-state index in [9.17, 15) is 5.11 Å². The van der Waals surface area contributed by atoms with E-state index in [0.29, 0.717) is 6.54 Å². The van der Waals surface area contributed by atoms with Crippen LogP contribution in [0.15, 0.2) is 24.3 Å². The van der Waals surface area contributed by atoms with Gasteiger partial charge in [0.1, 0.15) is 0 Å². The van der Waals surface area contributed by atoms with Gasteiger partial charge >= 0.3 is 0 Å². The Morgan fingerprint density at radius 2 is 2.22 bits per heavy atom. The predicted molar refractivity (Wildman–Crippen MR) is 72.9 cm³/mol. The molecule has 1 aromatic carbocycles. The number of hydrogen-bond donors (Lipinski definition) is 2. The molecule has 18 heavy (non-hydrogen) atoms. The molecule has 0 aromatic heterocycles. The Morgan fingerprint density at radius 1 is 1.44 bits per heavy atom. The highest BCUT2D eigenvalue weighted by Crippen LogP contribution is 2.22. The van der Waals surface area contributed by atoms with Crippen molar-refractivity contribution in [2.24, 2.45) is 5.73 Å². The van der Waals surface area contributed by atoms with Gasteiger partial charge in [-0.3, -0.25) is 4.90 Å². The van der Waals surface area contributed by atoms with E-state index < -0.39 is 5.60 Å². The van der Waals surface area contributed by atoms with Crippen molar-refractivity contribution < 1.29 is 5.11 Å². The first-order valence-electron chi connectivity index (χ1n) is 6.32. The fourth-order valence-electron chi connectivity index (χ4n) is 2.34. The molecule has 1 heterocycles. The van der Waals surface area contributed by atoms with E-state index in [1.54, 1.807) is 0 Å². The highest BCUT2D eigenvalue weighted by Gasteiger charge is 2.31. The summed E-state index contributed by atoms with van der Waals surface area (Å²) >= 11 is 0. The van der Waals surface area contributed by atoms with Gasteiger partial charge in [-0.2, -0.15) is 0 Å². The van der Waals surface area contributed by atoms with E-state index in [1.807, 2.05) is 25.1 Å². The van der Waals surface area contributed by atoms with E-state index in [2.05, 4.69) is 22.8 Å². The number of benzene rings is 1. The van der Waals surface area contributed by atoms with Crippen molar-refractivity contribution in [3.8, 4) is 11.8 Å². The smallest absolute Gasteiger partial charge is 0.0758 e. The highest BCUT2D eigenvalue weighted by atomic mass is 16.3. The summed E-state index contributed by atoms with van der Waals surface area (Å²) in [5.74, 6) is 6.00. The van der Waals surface area contributed by atoms with Crippen LogP contribution in [0.25, 0.3) is 0 Å². The maximum Gasteiger partial charge on any atom is 0.0758 e. The minimum atomic E-state index is -0.544. The third-order valence-corrected chi connectivity index (χ3v) is 3.27. The summed E-state index contributed by atoms with van der Waals surface area (Å²) in [4.78, 5) is 2.27. The van der Waals surface area contributed by atoms with E-state index in [1.165, 1.54) is 5.56 Å². The third-order valence-electron chi connectivity index (χ3n) is 3.27. The van der Waals surface area contributed by atoms with Gasteiger partial charge in [0.05, 0.1) is 12.1 Å². The van der Waals surface area contributed by atoms with Gasteiger partial charge in [-0.1, -0.05) is 30.0 Å². The first kappa shape index (κ1) is 13.1. The first-order valence-corrected chi connectivity index (χ1v) is 6.32. The van der Waals surface area contributed by atoms with Gasteiger partial charge in [-0.15, -0.1) is 0 Å². The Bertz CT molecular complexity index is 471. The quantitative estimate of drug-likeness (QED) is 0.762. The van der Waals surface area contributed by atoms with E-state index >= 15 is 0 Å². The molecule has 1 unspecified atom stereocenters. The fraction of sp³-hybridized carbons (Fsp3) is 0.467. The molecule has 3 nitrogen and oxygen atoms in total. The second-order valence-corrected chi connectivity index (χ2v) is 5.12. The molecule has 1 fully saturated rings. The average molecular weight is 244 g/mol. The minimum Gasteiger partial charge on any atom is -0.389 e. The summed E-state index contributed by atoms with van der Waals surface area (Å²) in [6.45, 7) is 4.78. The van der Waals surface area contributed by atoms with Gasteiger partial charge in [0.15, 0.2) is 0 Å². The molecule has 96 valence electrons. The molecule has 3 heteroatoms. The van der Waals surface area contributed by atoms with Crippen molar-refractivity contribution in [2.45, 2.75) is 25.5 Å². The third kappa shape index (κ3) is 3.33. The van der Waals surface area contributed by atoms with Crippen molar-refractivity contribution in [3.63, 3.8) is 0 Å². The van der Waals surface area contributed by atoms with Crippen LogP contribution in [0.1, 0.15) is 24.5 Å². The van der Waals surface area contributed by atoms with Crippen molar-refractivity contribution in [1.82, 2.24) is 4.90 Å². The molecular formula is C15H20N2O. The summed E-state index contributed by atoms with van der Waals surface area (Å²) in [7, 11) is 0. The number of β-amino-alcohol motifs (C(OH)–C–C–N with tert-alkyl or cyclic N) is 1. The second-order valence-electron chi connectivity index (χ2n) is 5.12. The first-order chi connectivity index (χ1) is 8.61. The van der Waals surface area contributed by atoms with Gasteiger partial charge in [0, 0.05) is 25.2 Å². The zero-order chi connectivity index (χ0) is 13.0. The Kier molecular flexibility index (Phi) is 4.03. The highest BCUT2D eigenvalue weighted by molar-refractivity contribution is 5.41. The number of rotatable bonds is 2. The summed E-state index contributed by atoms with van der Waals surface area (Å²) < 4.78 is 0. The summed E-state index contributed by atoms with van der Waals surface area (Å²) in [5.41, 5.74) is 7.11. The lowest BCUT2D eigenvalue weighted by Crippen LogP contribution is -2.29. The number of aliphatic hydroxyl groups is 1. The molecule has 0 saturated carbocycles. The van der Waals surface area contributed by atoms with Crippen molar-refractivity contribution >= 4 is 0 Å². The molecule has 1 aliphatic rings. The number of likely N-dealkylation sites (tertiary alicyclic amines) is 1. The van der Waals surface area contributed by atoms with Crippen LogP contribution in [-0.2, 0) is 6.54 Å². The number of nitrogens with zero attached hydrogens (tertiary/aromatic N) is 1. The number of hydrogen-bond acceptors (Lipinski definition) is 3. The topological polar surface area (TPSA) is 49.5 Å². The largest absolute Gasteiger partial charge is 0.389 e. The molecule has 1 aromatic rings. The lowest BCUT2D eigenvalue weighted by atomic mass is 10.1. The van der Waals surface area contributed by atoms with Gasteiger partial charge in [-0.25, -0.2) is 0 Å². The van der Waals surface area contributed by atoms with Gasteiger partial charge < -0.3 is 10.8 Å². The molecular weight excluding hydrogens is 224 g/mol. The van der Waals surface area contributed by atoms with Crippen LogP contribution < -0.4 is 5.73 Å². The maximum absolute atomic E-state index is 9.97. The van der Waals surface area contributed by atoms with E-state index in [0.717, 1.165) is 31.6 Å². The normalized spacial score (nSPS) is 23.7. The maximum atomic E-state index is 9.97. The molecule has 1 atom stereocenters. The van der Waals surface area contributed by atoms with Crippen LogP contribution in [-0.4, -0.2) is 35.2 Å². The molecule has 0 aliphatic carbocycles. The van der Waals surface area contributed by atoms with Crippen LogP contribution in [0, 0.1) is 11.8 Å². The summed E-state index contributed by atoms with van der Waals surface area (Å²) in [6.07, 6.45) is 0.837. The molecule has 0 spiro atoms. The Morgan fingerprint density at radius 3 is 2.89 bits per heavy atom.